The fourth-order valence-electron chi connectivity index (χ4n) is 6.16. The lowest BCUT2D eigenvalue weighted by atomic mass is 9.46. The lowest BCUT2D eigenvalue weighted by Gasteiger charge is -2.59. The molecule has 1 amide bonds. The summed E-state index contributed by atoms with van der Waals surface area (Å²) >= 11 is 0. The summed E-state index contributed by atoms with van der Waals surface area (Å²) in [6.07, 6.45) is 7.88. The third kappa shape index (κ3) is 1.43. The average molecular weight is 248 g/mol. The Hall–Kier alpha value is -0.570. The number of carbonyl (C=O) groups excluding carboxylic acids is 1. The summed E-state index contributed by atoms with van der Waals surface area (Å²) in [6.45, 7) is 1.54. The Morgan fingerprint density at radius 2 is 1.72 bits per heavy atom. The van der Waals surface area contributed by atoms with Crippen LogP contribution >= 0.6 is 0 Å². The molecular formula is C15H24N2O. The van der Waals surface area contributed by atoms with Crippen LogP contribution in [-0.2, 0) is 4.79 Å². The van der Waals surface area contributed by atoms with Crippen molar-refractivity contribution in [1.29, 1.82) is 0 Å². The molecule has 5 rings (SSSR count). The largest absolute Gasteiger partial charge is 0.355 e. The highest BCUT2D eigenvalue weighted by molar-refractivity contribution is 5.79. The van der Waals surface area contributed by atoms with Crippen molar-refractivity contribution in [2.45, 2.75) is 38.5 Å². The van der Waals surface area contributed by atoms with Crippen molar-refractivity contribution in [1.82, 2.24) is 5.32 Å². The number of rotatable bonds is 2. The number of amides is 1. The molecule has 18 heavy (non-hydrogen) atoms. The van der Waals surface area contributed by atoms with Gasteiger partial charge in [-0.05, 0) is 61.7 Å². The lowest BCUT2D eigenvalue weighted by Crippen LogP contribution is -2.54. The van der Waals surface area contributed by atoms with Crippen LogP contribution in [0.5, 0.6) is 0 Å². The van der Waals surface area contributed by atoms with Crippen molar-refractivity contribution in [2.75, 3.05) is 13.1 Å². The van der Waals surface area contributed by atoms with Gasteiger partial charge in [-0.25, -0.2) is 0 Å². The van der Waals surface area contributed by atoms with Crippen LogP contribution in [0.3, 0.4) is 0 Å². The van der Waals surface area contributed by atoms with E-state index >= 15 is 0 Å². The zero-order valence-corrected chi connectivity index (χ0v) is 11.0. The summed E-state index contributed by atoms with van der Waals surface area (Å²) in [6, 6.07) is 0. The SMILES string of the molecule is NCC1(C2C3CC4CC(C3)CC2C4)CNC(=O)C1. The lowest BCUT2D eigenvalue weighted by molar-refractivity contribution is -0.122. The van der Waals surface area contributed by atoms with E-state index in [9.17, 15) is 4.79 Å². The Morgan fingerprint density at radius 1 is 1.11 bits per heavy atom. The molecular weight excluding hydrogens is 224 g/mol. The van der Waals surface area contributed by atoms with E-state index in [1.54, 1.807) is 0 Å². The van der Waals surface area contributed by atoms with E-state index in [1.165, 1.54) is 32.1 Å². The van der Waals surface area contributed by atoms with Gasteiger partial charge >= 0.3 is 0 Å². The van der Waals surface area contributed by atoms with Gasteiger partial charge in [0.2, 0.25) is 5.91 Å². The molecule has 0 aromatic rings. The minimum Gasteiger partial charge on any atom is -0.355 e. The number of hydrogen-bond acceptors (Lipinski definition) is 2. The average Bonchev–Trinajstić information content (AvgIpc) is 2.71. The molecule has 1 aliphatic heterocycles. The van der Waals surface area contributed by atoms with Crippen molar-refractivity contribution >= 4 is 5.91 Å². The Balaban J connectivity index is 1.66. The van der Waals surface area contributed by atoms with Crippen LogP contribution in [0.25, 0.3) is 0 Å². The van der Waals surface area contributed by atoms with Gasteiger partial charge in [-0.2, -0.15) is 0 Å². The van der Waals surface area contributed by atoms with Gasteiger partial charge in [0.1, 0.15) is 0 Å². The van der Waals surface area contributed by atoms with Gasteiger partial charge in [0, 0.05) is 24.9 Å². The topological polar surface area (TPSA) is 55.1 Å². The molecule has 0 aromatic carbocycles. The predicted octanol–water partition coefficient (Wildman–Crippen LogP) is 1.52. The molecule has 100 valence electrons. The zero-order valence-electron chi connectivity index (χ0n) is 11.0. The molecule has 4 aliphatic carbocycles. The van der Waals surface area contributed by atoms with Crippen LogP contribution in [0.1, 0.15) is 38.5 Å². The van der Waals surface area contributed by atoms with Crippen LogP contribution in [0.2, 0.25) is 0 Å². The first-order chi connectivity index (χ1) is 8.70. The Labute approximate surface area is 109 Å². The normalized spacial score (nSPS) is 53.8. The fourth-order valence-corrected chi connectivity index (χ4v) is 6.16. The van der Waals surface area contributed by atoms with Crippen molar-refractivity contribution in [3.63, 3.8) is 0 Å². The van der Waals surface area contributed by atoms with E-state index in [0.29, 0.717) is 13.0 Å². The van der Waals surface area contributed by atoms with Crippen LogP contribution in [0, 0.1) is 35.0 Å². The molecule has 0 aromatic heterocycles. The Kier molecular flexibility index (Phi) is 2.33. The number of hydrogen-bond donors (Lipinski definition) is 2. The van der Waals surface area contributed by atoms with Crippen LogP contribution in [-0.4, -0.2) is 19.0 Å². The van der Waals surface area contributed by atoms with Crippen molar-refractivity contribution in [3.8, 4) is 0 Å². The number of carbonyl (C=O) groups is 1. The molecule has 3 N–H and O–H groups in total. The second kappa shape index (κ2) is 3.72. The highest BCUT2D eigenvalue weighted by Crippen LogP contribution is 2.61. The molecule has 0 spiro atoms. The second-order valence-electron chi connectivity index (χ2n) is 7.48. The molecule has 4 bridgehead atoms. The standard InChI is InChI=1S/C15H24N2O/c16-7-15(6-13(18)17-8-15)14-11-2-9-1-10(4-11)5-12(14)3-9/h9-12,14H,1-8,16H2,(H,17,18). The summed E-state index contributed by atoms with van der Waals surface area (Å²) in [7, 11) is 0. The van der Waals surface area contributed by atoms with E-state index in [-0.39, 0.29) is 11.3 Å². The summed E-state index contributed by atoms with van der Waals surface area (Å²) in [5.74, 6) is 4.71. The summed E-state index contributed by atoms with van der Waals surface area (Å²) in [4.78, 5) is 11.7. The summed E-state index contributed by atoms with van der Waals surface area (Å²) < 4.78 is 0. The molecule has 4 saturated carbocycles. The fraction of sp³-hybridized carbons (Fsp3) is 0.933. The third-order valence-corrected chi connectivity index (χ3v) is 6.49. The molecule has 1 atom stereocenters. The van der Waals surface area contributed by atoms with Gasteiger partial charge in [-0.15, -0.1) is 0 Å². The molecule has 0 radical (unpaired) electrons. The predicted molar refractivity (Wildman–Crippen MR) is 69.6 cm³/mol. The Morgan fingerprint density at radius 3 is 2.17 bits per heavy atom. The number of nitrogens with two attached hydrogens (primary N) is 1. The highest BCUT2D eigenvalue weighted by Gasteiger charge is 2.56. The smallest absolute Gasteiger partial charge is 0.220 e. The van der Waals surface area contributed by atoms with Crippen molar-refractivity contribution in [3.05, 3.63) is 0 Å². The highest BCUT2D eigenvalue weighted by atomic mass is 16.1. The monoisotopic (exact) mass is 248 g/mol. The zero-order chi connectivity index (χ0) is 12.3. The van der Waals surface area contributed by atoms with E-state index in [0.717, 1.165) is 36.1 Å². The number of nitrogens with one attached hydrogen (secondary N) is 1. The van der Waals surface area contributed by atoms with Crippen LogP contribution in [0.4, 0.5) is 0 Å². The first kappa shape index (κ1) is 11.3. The van der Waals surface area contributed by atoms with E-state index in [4.69, 9.17) is 5.73 Å². The van der Waals surface area contributed by atoms with E-state index < -0.39 is 0 Å². The van der Waals surface area contributed by atoms with Crippen molar-refractivity contribution < 1.29 is 4.79 Å². The van der Waals surface area contributed by atoms with Crippen LogP contribution < -0.4 is 11.1 Å². The van der Waals surface area contributed by atoms with Gasteiger partial charge in [-0.3, -0.25) is 4.79 Å². The van der Waals surface area contributed by atoms with Gasteiger partial charge < -0.3 is 11.1 Å². The van der Waals surface area contributed by atoms with Gasteiger partial charge in [0.15, 0.2) is 0 Å². The quantitative estimate of drug-likeness (QED) is 0.778. The first-order valence-corrected chi connectivity index (χ1v) is 7.67. The van der Waals surface area contributed by atoms with E-state index in [1.807, 2.05) is 0 Å². The maximum atomic E-state index is 11.7. The summed E-state index contributed by atoms with van der Waals surface area (Å²) in [5, 5.41) is 3.05. The van der Waals surface area contributed by atoms with Gasteiger partial charge in [0.25, 0.3) is 0 Å². The molecule has 5 aliphatic rings. The minimum absolute atomic E-state index is 0.0969. The minimum atomic E-state index is 0.0969. The third-order valence-electron chi connectivity index (χ3n) is 6.49. The molecule has 1 heterocycles. The summed E-state index contributed by atoms with van der Waals surface area (Å²) in [5.41, 5.74) is 6.22. The first-order valence-electron chi connectivity index (χ1n) is 7.67. The maximum absolute atomic E-state index is 11.7. The second-order valence-corrected chi connectivity index (χ2v) is 7.48. The molecule has 1 saturated heterocycles. The Bertz CT molecular complexity index is 353. The van der Waals surface area contributed by atoms with Crippen LogP contribution in [0.15, 0.2) is 0 Å². The molecule has 5 fully saturated rings. The molecule has 3 nitrogen and oxygen atoms in total. The van der Waals surface area contributed by atoms with Gasteiger partial charge in [-0.1, -0.05) is 0 Å². The maximum Gasteiger partial charge on any atom is 0.220 e. The molecule has 1 unspecified atom stereocenters. The van der Waals surface area contributed by atoms with E-state index in [2.05, 4.69) is 5.32 Å². The van der Waals surface area contributed by atoms with Gasteiger partial charge in [0.05, 0.1) is 0 Å². The molecule has 3 heteroatoms. The van der Waals surface area contributed by atoms with Crippen molar-refractivity contribution in [2.24, 2.45) is 40.7 Å².